The molecule has 1 heterocycles. The quantitative estimate of drug-likeness (QED) is 0.691. The maximum Gasteiger partial charge on any atom is 0.0561 e. The van der Waals surface area contributed by atoms with Crippen LogP contribution in [0.4, 0.5) is 0 Å². The Bertz CT molecular complexity index is 316. The second kappa shape index (κ2) is 4.38. The van der Waals surface area contributed by atoms with E-state index in [4.69, 9.17) is 0 Å². The number of rotatable bonds is 2. The van der Waals surface area contributed by atoms with Gasteiger partial charge in [-0.25, -0.2) is 0 Å². The van der Waals surface area contributed by atoms with Gasteiger partial charge in [0.1, 0.15) is 0 Å². The summed E-state index contributed by atoms with van der Waals surface area (Å²) in [5.41, 5.74) is 2.50. The normalized spacial score (nSPS) is 17.9. The largest absolute Gasteiger partial charge is 0.296 e. The van der Waals surface area contributed by atoms with Gasteiger partial charge in [0.15, 0.2) is 0 Å². The Labute approximate surface area is 85.3 Å². The summed E-state index contributed by atoms with van der Waals surface area (Å²) < 4.78 is 0. The Kier molecular flexibility index (Phi) is 2.94. The molecule has 0 amide bonds. The molecule has 0 saturated heterocycles. The number of likely N-dealkylation sites (N-methyl/N-ethyl adjacent to an activating group) is 1. The molecule has 2 rings (SSSR count). The van der Waals surface area contributed by atoms with E-state index < -0.39 is 0 Å². The van der Waals surface area contributed by atoms with E-state index in [1.165, 1.54) is 11.3 Å². The molecule has 1 aliphatic heterocycles. The molecule has 2 nitrogen and oxygen atoms in total. The van der Waals surface area contributed by atoms with Crippen molar-refractivity contribution in [2.24, 2.45) is 4.99 Å². The van der Waals surface area contributed by atoms with Crippen LogP contribution >= 0.6 is 0 Å². The Hall–Kier alpha value is -1.15. The highest BCUT2D eigenvalue weighted by molar-refractivity contribution is 6.02. The number of benzene rings is 1. The van der Waals surface area contributed by atoms with Crippen molar-refractivity contribution >= 4 is 5.71 Å². The van der Waals surface area contributed by atoms with E-state index in [9.17, 15) is 0 Å². The van der Waals surface area contributed by atoms with Gasteiger partial charge in [-0.05, 0) is 12.1 Å². The minimum Gasteiger partial charge on any atom is -0.296 e. The van der Waals surface area contributed by atoms with Crippen LogP contribution in [0, 0.1) is 0 Å². The van der Waals surface area contributed by atoms with E-state index in [0.717, 1.165) is 26.2 Å². The molecule has 0 atom stereocenters. The van der Waals surface area contributed by atoms with E-state index in [0.29, 0.717) is 0 Å². The van der Waals surface area contributed by atoms with E-state index in [1.54, 1.807) is 0 Å². The first-order chi connectivity index (χ1) is 6.90. The monoisotopic (exact) mass is 188 g/mol. The zero-order valence-corrected chi connectivity index (χ0v) is 8.61. The Morgan fingerprint density at radius 3 is 2.79 bits per heavy atom. The van der Waals surface area contributed by atoms with Gasteiger partial charge in [0.25, 0.3) is 0 Å². The molecule has 0 bridgehead atoms. The lowest BCUT2D eigenvalue weighted by Crippen LogP contribution is -2.36. The Balaban J connectivity index is 2.16. The second-order valence-electron chi connectivity index (χ2n) is 3.56. The van der Waals surface area contributed by atoms with E-state index in [1.807, 2.05) is 6.07 Å². The zero-order chi connectivity index (χ0) is 9.80. The van der Waals surface area contributed by atoms with Crippen LogP contribution < -0.4 is 0 Å². The highest BCUT2D eigenvalue weighted by Gasteiger charge is 2.12. The molecule has 2 heteroatoms. The summed E-state index contributed by atoms with van der Waals surface area (Å²) in [6.45, 7) is 6.37. The lowest BCUT2D eigenvalue weighted by molar-refractivity contribution is 0.327. The summed E-state index contributed by atoms with van der Waals surface area (Å²) in [5, 5.41) is 0. The summed E-state index contributed by atoms with van der Waals surface area (Å²) in [4.78, 5) is 7.00. The van der Waals surface area contributed by atoms with Crippen molar-refractivity contribution in [3.8, 4) is 0 Å². The van der Waals surface area contributed by atoms with E-state index in [-0.39, 0.29) is 0 Å². The minimum absolute atomic E-state index is 0.943. The van der Waals surface area contributed by atoms with Crippen LogP contribution in [0.1, 0.15) is 12.5 Å². The predicted octanol–water partition coefficient (Wildman–Crippen LogP) is 1.81. The number of hydrogen-bond acceptors (Lipinski definition) is 2. The molecule has 14 heavy (non-hydrogen) atoms. The summed E-state index contributed by atoms with van der Waals surface area (Å²) in [6.07, 6.45) is 0. The first-order valence-electron chi connectivity index (χ1n) is 5.21. The fraction of sp³-hybridized carbons (Fsp3) is 0.417. The summed E-state index contributed by atoms with van der Waals surface area (Å²) in [6, 6.07) is 10.5. The molecule has 0 unspecified atom stereocenters. The molecule has 1 aromatic carbocycles. The molecule has 0 saturated carbocycles. The smallest absolute Gasteiger partial charge is 0.0561 e. The molecular weight excluding hydrogens is 172 g/mol. The van der Waals surface area contributed by atoms with Gasteiger partial charge < -0.3 is 0 Å². The van der Waals surface area contributed by atoms with Crippen molar-refractivity contribution < 1.29 is 0 Å². The van der Waals surface area contributed by atoms with Crippen LogP contribution in [-0.2, 0) is 0 Å². The first-order valence-corrected chi connectivity index (χ1v) is 5.21. The summed E-state index contributed by atoms with van der Waals surface area (Å²) >= 11 is 0. The van der Waals surface area contributed by atoms with Crippen molar-refractivity contribution in [1.82, 2.24) is 4.90 Å². The minimum atomic E-state index is 0.943. The first kappa shape index (κ1) is 9.41. The van der Waals surface area contributed by atoms with Crippen LogP contribution in [0.5, 0.6) is 0 Å². The van der Waals surface area contributed by atoms with Crippen LogP contribution in [-0.4, -0.2) is 36.8 Å². The van der Waals surface area contributed by atoms with Crippen molar-refractivity contribution in [3.05, 3.63) is 35.9 Å². The van der Waals surface area contributed by atoms with Crippen molar-refractivity contribution in [1.29, 1.82) is 0 Å². The SMILES string of the molecule is CCN1CCN=C(c2ccccc2)C1. The average molecular weight is 188 g/mol. The van der Waals surface area contributed by atoms with Crippen molar-refractivity contribution in [3.63, 3.8) is 0 Å². The highest BCUT2D eigenvalue weighted by Crippen LogP contribution is 2.06. The third-order valence-corrected chi connectivity index (χ3v) is 2.65. The topological polar surface area (TPSA) is 15.6 Å². The van der Waals surface area contributed by atoms with Crippen molar-refractivity contribution in [2.75, 3.05) is 26.2 Å². The Morgan fingerprint density at radius 1 is 1.29 bits per heavy atom. The van der Waals surface area contributed by atoms with Crippen LogP contribution in [0.2, 0.25) is 0 Å². The van der Waals surface area contributed by atoms with Crippen LogP contribution in [0.15, 0.2) is 35.3 Å². The fourth-order valence-corrected chi connectivity index (χ4v) is 1.75. The summed E-state index contributed by atoms with van der Waals surface area (Å²) in [5.74, 6) is 0. The lowest BCUT2D eigenvalue weighted by atomic mass is 10.1. The molecular formula is C12H16N2. The maximum atomic E-state index is 4.57. The molecule has 1 aromatic rings. The standard InChI is InChI=1S/C12H16N2/c1-2-14-9-8-13-12(10-14)11-6-4-3-5-7-11/h3-7H,2,8-10H2,1H3. The molecule has 0 fully saturated rings. The molecule has 0 aromatic heterocycles. The molecule has 1 aliphatic rings. The van der Waals surface area contributed by atoms with Gasteiger partial charge >= 0.3 is 0 Å². The third-order valence-electron chi connectivity index (χ3n) is 2.65. The second-order valence-corrected chi connectivity index (χ2v) is 3.56. The number of hydrogen-bond donors (Lipinski definition) is 0. The highest BCUT2D eigenvalue weighted by atomic mass is 15.2. The van der Waals surface area contributed by atoms with Gasteiger partial charge in [-0.3, -0.25) is 9.89 Å². The molecule has 0 aliphatic carbocycles. The molecule has 0 N–H and O–H groups in total. The molecule has 0 spiro atoms. The van der Waals surface area contributed by atoms with Gasteiger partial charge in [-0.15, -0.1) is 0 Å². The van der Waals surface area contributed by atoms with Gasteiger partial charge in [0.2, 0.25) is 0 Å². The Morgan fingerprint density at radius 2 is 2.07 bits per heavy atom. The average Bonchev–Trinajstić information content (AvgIpc) is 2.30. The van der Waals surface area contributed by atoms with Gasteiger partial charge in [-0.2, -0.15) is 0 Å². The van der Waals surface area contributed by atoms with E-state index in [2.05, 4.69) is 41.1 Å². The molecule has 74 valence electrons. The van der Waals surface area contributed by atoms with Crippen LogP contribution in [0.25, 0.3) is 0 Å². The van der Waals surface area contributed by atoms with E-state index >= 15 is 0 Å². The maximum absolute atomic E-state index is 4.57. The zero-order valence-electron chi connectivity index (χ0n) is 8.61. The van der Waals surface area contributed by atoms with Gasteiger partial charge in [0, 0.05) is 13.1 Å². The fourth-order valence-electron chi connectivity index (χ4n) is 1.75. The molecule has 0 radical (unpaired) electrons. The van der Waals surface area contributed by atoms with Crippen molar-refractivity contribution in [2.45, 2.75) is 6.92 Å². The number of aliphatic imine (C=N–C) groups is 1. The van der Waals surface area contributed by atoms with Gasteiger partial charge in [-0.1, -0.05) is 37.3 Å². The van der Waals surface area contributed by atoms with Crippen LogP contribution in [0.3, 0.4) is 0 Å². The predicted molar refractivity (Wildman–Crippen MR) is 60.0 cm³/mol. The number of nitrogens with zero attached hydrogens (tertiary/aromatic N) is 2. The lowest BCUT2D eigenvalue weighted by Gasteiger charge is -2.24. The third kappa shape index (κ3) is 2.02. The van der Waals surface area contributed by atoms with Gasteiger partial charge in [0.05, 0.1) is 12.3 Å². The summed E-state index contributed by atoms with van der Waals surface area (Å²) in [7, 11) is 0.